The van der Waals surface area contributed by atoms with E-state index in [-0.39, 0.29) is 37.4 Å². The molecule has 2 fully saturated rings. The van der Waals surface area contributed by atoms with Gasteiger partial charge >= 0.3 is 5.97 Å². The van der Waals surface area contributed by atoms with Crippen molar-refractivity contribution in [2.45, 2.75) is 88.9 Å². The lowest BCUT2D eigenvalue weighted by Gasteiger charge is -2.39. The number of likely N-dealkylation sites (N-methyl/N-ethyl adjacent to an activating group) is 1. The third-order valence-corrected chi connectivity index (χ3v) is 10.3. The number of aliphatic hydroxyl groups excluding tert-OH is 1. The first-order chi connectivity index (χ1) is 21.0. The van der Waals surface area contributed by atoms with Crippen LogP contribution in [0.3, 0.4) is 0 Å². The molecule has 4 aliphatic heterocycles. The normalized spacial score (nSPS) is 34.4. The van der Waals surface area contributed by atoms with Crippen molar-refractivity contribution in [3.63, 3.8) is 0 Å². The largest absolute Gasteiger partial charge is 0.455 e. The minimum Gasteiger partial charge on any atom is -0.455 e. The molecule has 10 nitrogen and oxygen atoms in total. The van der Waals surface area contributed by atoms with E-state index in [9.17, 15) is 24.3 Å². The molecule has 5 rings (SSSR count). The Balaban J connectivity index is 1.65. The van der Waals surface area contributed by atoms with Gasteiger partial charge in [-0.15, -0.1) is 0 Å². The van der Waals surface area contributed by atoms with E-state index in [0.29, 0.717) is 22.9 Å². The number of ether oxygens (including phenoxy) is 2. The minimum absolute atomic E-state index is 0.104. The Kier molecular flexibility index (Phi) is 9.39. The standard InChI is InChI=1S/C33H42BrN3O7/c1-6-22(18-38)37-29-31(41)36(19(2)3)16-12-8-11-15-24(39)35(5)20(4)27(21-13-9-7-10-14-21)43-32(42)25-26(30(37)40)33(29)17-23(34)28(25)44-33/h7-10,12-14,17,19-20,22,25-29,38H,6,11,15-16,18H2,1-5H3/b12-8-/t20-,22-,25+,26-,27+,28+,29+,33-/m0/s1. The van der Waals surface area contributed by atoms with Crippen molar-refractivity contribution in [3.05, 3.63) is 58.6 Å². The minimum atomic E-state index is -1.42. The summed E-state index contributed by atoms with van der Waals surface area (Å²) in [4.78, 5) is 61.2. The molecule has 4 heterocycles. The number of carbonyl (C=O) groups is 4. The maximum Gasteiger partial charge on any atom is 0.313 e. The van der Waals surface area contributed by atoms with E-state index >= 15 is 0 Å². The van der Waals surface area contributed by atoms with E-state index in [2.05, 4.69) is 15.9 Å². The molecule has 3 amide bonds. The van der Waals surface area contributed by atoms with Crippen LogP contribution < -0.4 is 0 Å². The number of benzene rings is 1. The van der Waals surface area contributed by atoms with E-state index < -0.39 is 59.6 Å². The molecule has 4 aliphatic rings. The number of carbonyl (C=O) groups excluding carboxylic acids is 4. The van der Waals surface area contributed by atoms with Crippen LogP contribution >= 0.6 is 15.9 Å². The molecule has 1 spiro atoms. The van der Waals surface area contributed by atoms with Crippen LogP contribution in [0, 0.1) is 11.8 Å². The van der Waals surface area contributed by atoms with Gasteiger partial charge in [0.05, 0.1) is 24.6 Å². The van der Waals surface area contributed by atoms with Gasteiger partial charge in [-0.3, -0.25) is 19.2 Å². The van der Waals surface area contributed by atoms with E-state index in [4.69, 9.17) is 9.47 Å². The first-order valence-corrected chi connectivity index (χ1v) is 16.2. The number of aliphatic hydroxyl groups is 1. The van der Waals surface area contributed by atoms with Crippen LogP contribution in [0.1, 0.15) is 58.6 Å². The average Bonchev–Trinajstić information content (AvgIpc) is 3.60. The fourth-order valence-electron chi connectivity index (χ4n) is 7.14. The molecule has 2 saturated heterocycles. The lowest BCUT2D eigenvalue weighted by Crippen LogP contribution is -2.59. The number of fused-ring (bicyclic) bond motifs is 2. The Morgan fingerprint density at radius 3 is 2.41 bits per heavy atom. The number of rotatable bonds is 5. The highest BCUT2D eigenvalue weighted by molar-refractivity contribution is 9.11. The Labute approximate surface area is 267 Å². The van der Waals surface area contributed by atoms with Gasteiger partial charge in [-0.05, 0) is 45.3 Å². The summed E-state index contributed by atoms with van der Waals surface area (Å²) in [5.74, 6) is -3.55. The van der Waals surface area contributed by atoms with Gasteiger partial charge in [0.25, 0.3) is 0 Å². The number of allylic oxidation sites excluding steroid dienone is 1. The average molecular weight is 673 g/mol. The molecule has 0 unspecified atom stereocenters. The van der Waals surface area contributed by atoms with Crippen LogP contribution in [0.15, 0.2) is 53.0 Å². The molecule has 44 heavy (non-hydrogen) atoms. The molecule has 1 aromatic rings. The van der Waals surface area contributed by atoms with Gasteiger partial charge in [-0.1, -0.05) is 65.3 Å². The SMILES string of the molecule is CC[C@@H](CO)N1C(=O)[C@@H]2[C@H]3C(=O)O[C@@H](c4ccccc4)[C@H](C)N(C)C(=O)CC/C=C\CN(C(C)C)C(=O)[C@@H]1[C@]21C=C(Br)[C@H]3O1. The summed E-state index contributed by atoms with van der Waals surface area (Å²) in [5.41, 5.74) is -0.708. The molecule has 0 radical (unpaired) electrons. The topological polar surface area (TPSA) is 117 Å². The maximum absolute atomic E-state index is 14.5. The summed E-state index contributed by atoms with van der Waals surface area (Å²) >= 11 is 3.58. The number of amides is 3. The van der Waals surface area contributed by atoms with Crippen LogP contribution in [0.5, 0.6) is 0 Å². The van der Waals surface area contributed by atoms with Gasteiger partial charge in [-0.25, -0.2) is 0 Å². The summed E-state index contributed by atoms with van der Waals surface area (Å²) in [5, 5.41) is 10.3. The summed E-state index contributed by atoms with van der Waals surface area (Å²) in [7, 11) is 1.70. The van der Waals surface area contributed by atoms with E-state index in [1.165, 1.54) is 4.90 Å². The predicted octanol–water partition coefficient (Wildman–Crippen LogP) is 3.35. The van der Waals surface area contributed by atoms with Crippen molar-refractivity contribution in [1.82, 2.24) is 14.7 Å². The smallest absolute Gasteiger partial charge is 0.313 e. The monoisotopic (exact) mass is 671 g/mol. The van der Waals surface area contributed by atoms with E-state index in [1.807, 2.05) is 70.2 Å². The van der Waals surface area contributed by atoms with Crippen molar-refractivity contribution in [2.75, 3.05) is 20.2 Å². The van der Waals surface area contributed by atoms with Crippen LogP contribution in [-0.4, -0.2) is 99.6 Å². The molecule has 1 aromatic carbocycles. The fraction of sp³-hybridized carbons (Fsp3) is 0.576. The zero-order valence-electron chi connectivity index (χ0n) is 25.9. The molecule has 1 N–H and O–H groups in total. The first-order valence-electron chi connectivity index (χ1n) is 15.4. The quantitative estimate of drug-likeness (QED) is 0.377. The van der Waals surface area contributed by atoms with Crippen LogP contribution in [0.4, 0.5) is 0 Å². The predicted molar refractivity (Wildman–Crippen MR) is 166 cm³/mol. The van der Waals surface area contributed by atoms with E-state index in [0.717, 1.165) is 0 Å². The molecule has 238 valence electrons. The van der Waals surface area contributed by atoms with E-state index in [1.54, 1.807) is 22.9 Å². The molecule has 0 saturated carbocycles. The maximum atomic E-state index is 14.5. The molecule has 0 aromatic heterocycles. The number of hydrogen-bond donors (Lipinski definition) is 1. The number of esters is 1. The Hall–Kier alpha value is -3.02. The fourth-order valence-corrected chi connectivity index (χ4v) is 7.87. The highest BCUT2D eigenvalue weighted by Gasteiger charge is 2.75. The van der Waals surface area contributed by atoms with Crippen LogP contribution in [-0.2, 0) is 28.7 Å². The van der Waals surface area contributed by atoms with Gasteiger partial charge in [0.2, 0.25) is 17.7 Å². The van der Waals surface area contributed by atoms with Gasteiger partial charge in [0.15, 0.2) is 0 Å². The van der Waals surface area contributed by atoms with Gasteiger partial charge in [-0.2, -0.15) is 0 Å². The molecule has 11 heteroatoms. The van der Waals surface area contributed by atoms with Gasteiger partial charge in [0, 0.05) is 30.5 Å². The molecular weight excluding hydrogens is 630 g/mol. The van der Waals surface area contributed by atoms with Crippen LogP contribution in [0.2, 0.25) is 0 Å². The number of halogens is 1. The number of hydrogen-bond acceptors (Lipinski definition) is 7. The molecule has 5 bridgehead atoms. The second-order valence-electron chi connectivity index (χ2n) is 12.4. The number of likely N-dealkylation sites (tertiary alicyclic amines) is 1. The number of nitrogens with zero attached hydrogens (tertiary/aromatic N) is 3. The van der Waals surface area contributed by atoms with Crippen molar-refractivity contribution in [2.24, 2.45) is 11.8 Å². The summed E-state index contributed by atoms with van der Waals surface area (Å²) < 4.78 is 13.4. The Bertz CT molecular complexity index is 1350. The van der Waals surface area contributed by atoms with Crippen molar-refractivity contribution in [3.8, 4) is 0 Å². The first kappa shape index (κ1) is 32.4. The zero-order valence-corrected chi connectivity index (χ0v) is 27.5. The third-order valence-electron chi connectivity index (χ3n) is 9.66. The van der Waals surface area contributed by atoms with Gasteiger partial charge < -0.3 is 29.3 Å². The molecular formula is C33H42BrN3O7. The lowest BCUT2D eigenvalue weighted by atomic mass is 9.74. The zero-order chi connectivity index (χ0) is 31.9. The second kappa shape index (κ2) is 12.8. The lowest BCUT2D eigenvalue weighted by molar-refractivity contribution is -0.164. The summed E-state index contributed by atoms with van der Waals surface area (Å²) in [6, 6.07) is 6.77. The summed E-state index contributed by atoms with van der Waals surface area (Å²) in [6.45, 7) is 7.41. The van der Waals surface area contributed by atoms with Crippen LogP contribution in [0.25, 0.3) is 0 Å². The number of cyclic esters (lactones) is 1. The highest BCUT2D eigenvalue weighted by atomic mass is 79.9. The van der Waals surface area contributed by atoms with Crippen molar-refractivity contribution in [1.29, 1.82) is 0 Å². The van der Waals surface area contributed by atoms with Gasteiger partial charge in [0.1, 0.15) is 29.8 Å². The van der Waals surface area contributed by atoms with Crippen molar-refractivity contribution < 1.29 is 33.8 Å². The third kappa shape index (κ3) is 5.30. The second-order valence-corrected chi connectivity index (χ2v) is 13.3. The Morgan fingerprint density at radius 2 is 1.77 bits per heavy atom. The highest BCUT2D eigenvalue weighted by Crippen LogP contribution is 2.59. The Morgan fingerprint density at radius 1 is 1.07 bits per heavy atom. The molecule has 8 atom stereocenters. The van der Waals surface area contributed by atoms with Crippen molar-refractivity contribution >= 4 is 39.6 Å². The summed E-state index contributed by atoms with van der Waals surface area (Å²) in [6.07, 6.45) is 5.02. The molecule has 0 aliphatic carbocycles.